The number of likely N-dealkylation sites (tertiary alicyclic amines) is 1. The number of nitrogens with zero attached hydrogens (tertiary/aromatic N) is 1. The summed E-state index contributed by atoms with van der Waals surface area (Å²) in [6.45, 7) is 4.29. The minimum absolute atomic E-state index is 0.219. The average molecular weight is 494 g/mol. The number of carbonyl (C=O) groups is 2. The quantitative estimate of drug-likeness (QED) is 0.307. The molecule has 36 heavy (non-hydrogen) atoms. The number of nitrogens with one attached hydrogen (secondary N) is 2. The number of furan rings is 1. The summed E-state index contributed by atoms with van der Waals surface area (Å²) in [6, 6.07) is 14.5. The molecule has 1 aromatic heterocycles. The molecule has 2 aromatic carbocycles. The zero-order chi connectivity index (χ0) is 25.1. The number of hydrogen-bond donors (Lipinski definition) is 3. The fraction of sp³-hybridized carbons (Fsp3) is 0.407. The molecule has 3 N–H and O–H groups in total. The Hall–Kier alpha value is -3.56. The first-order chi connectivity index (χ1) is 17.5. The topological polar surface area (TPSA) is 113 Å². The van der Waals surface area contributed by atoms with Gasteiger partial charge >= 0.3 is 0 Å². The minimum Gasteiger partial charge on any atom is -0.490 e. The van der Waals surface area contributed by atoms with Gasteiger partial charge in [0.2, 0.25) is 0 Å². The average Bonchev–Trinajstić information content (AvgIpc) is 3.66. The maximum Gasteiger partial charge on any atom is 0.287 e. The lowest BCUT2D eigenvalue weighted by atomic mass is 10.1. The summed E-state index contributed by atoms with van der Waals surface area (Å²) < 4.78 is 17.7. The van der Waals surface area contributed by atoms with Crippen molar-refractivity contribution < 1.29 is 28.7 Å². The largest absolute Gasteiger partial charge is 0.490 e. The number of ether oxygens (including phenoxy) is 2. The van der Waals surface area contributed by atoms with Gasteiger partial charge in [-0.2, -0.15) is 0 Å². The Balaban J connectivity index is 1.12. The zero-order valence-corrected chi connectivity index (χ0v) is 20.2. The molecule has 2 fully saturated rings. The van der Waals surface area contributed by atoms with Gasteiger partial charge < -0.3 is 24.1 Å². The van der Waals surface area contributed by atoms with Crippen molar-refractivity contribution in [3.63, 3.8) is 0 Å². The first-order valence-corrected chi connectivity index (χ1v) is 12.4. The maximum absolute atomic E-state index is 12.7. The third kappa shape index (κ3) is 5.80. The molecule has 0 bridgehead atoms. The summed E-state index contributed by atoms with van der Waals surface area (Å²) >= 11 is 0. The van der Waals surface area contributed by atoms with Crippen LogP contribution in [0, 0.1) is 0 Å². The molecule has 2 amide bonds. The first kappa shape index (κ1) is 24.1. The van der Waals surface area contributed by atoms with E-state index in [4.69, 9.17) is 19.1 Å². The van der Waals surface area contributed by atoms with Crippen molar-refractivity contribution in [1.29, 1.82) is 0 Å². The van der Waals surface area contributed by atoms with Crippen molar-refractivity contribution >= 4 is 22.8 Å². The van der Waals surface area contributed by atoms with Gasteiger partial charge in [-0.3, -0.25) is 14.8 Å². The summed E-state index contributed by atoms with van der Waals surface area (Å²) in [5, 5.41) is 12.3. The van der Waals surface area contributed by atoms with Crippen LogP contribution in [0.15, 0.2) is 52.9 Å². The lowest BCUT2D eigenvalue weighted by Crippen LogP contribution is -2.39. The van der Waals surface area contributed by atoms with E-state index in [0.717, 1.165) is 43.1 Å². The molecular formula is C27H31N3O6. The molecule has 1 aliphatic heterocycles. The van der Waals surface area contributed by atoms with E-state index in [1.807, 2.05) is 25.1 Å². The van der Waals surface area contributed by atoms with Gasteiger partial charge in [0.15, 0.2) is 5.76 Å². The normalized spacial score (nSPS) is 17.5. The molecule has 2 heterocycles. The molecule has 0 radical (unpaired) electrons. The summed E-state index contributed by atoms with van der Waals surface area (Å²) in [6.07, 6.45) is 4.66. The molecule has 1 saturated heterocycles. The number of benzene rings is 2. The van der Waals surface area contributed by atoms with Crippen molar-refractivity contribution in [1.82, 2.24) is 15.7 Å². The number of fused-ring (bicyclic) bond motifs is 1. The second kappa shape index (κ2) is 10.6. The highest BCUT2D eigenvalue weighted by Gasteiger charge is 2.32. The van der Waals surface area contributed by atoms with Gasteiger partial charge in [0.05, 0.1) is 6.54 Å². The van der Waals surface area contributed by atoms with Crippen LogP contribution in [0.1, 0.15) is 53.5 Å². The Kier molecular flexibility index (Phi) is 7.11. The van der Waals surface area contributed by atoms with E-state index in [0.29, 0.717) is 16.9 Å². The molecule has 3 aromatic rings. The number of hydroxylamine groups is 1. The van der Waals surface area contributed by atoms with Crippen molar-refractivity contribution in [2.75, 3.05) is 19.6 Å². The summed E-state index contributed by atoms with van der Waals surface area (Å²) in [7, 11) is 0. The summed E-state index contributed by atoms with van der Waals surface area (Å²) in [4.78, 5) is 26.6. The molecule has 1 atom stereocenters. The van der Waals surface area contributed by atoms with Crippen molar-refractivity contribution in [2.24, 2.45) is 0 Å². The van der Waals surface area contributed by atoms with Gasteiger partial charge in [-0.15, -0.1) is 0 Å². The van der Waals surface area contributed by atoms with Crippen LogP contribution in [0.3, 0.4) is 0 Å². The van der Waals surface area contributed by atoms with Crippen LogP contribution < -0.4 is 20.3 Å². The number of rotatable bonds is 9. The Morgan fingerprint density at radius 2 is 1.75 bits per heavy atom. The Labute approximate surface area is 209 Å². The highest BCUT2D eigenvalue weighted by molar-refractivity contribution is 5.96. The maximum atomic E-state index is 12.7. The molecule has 2 aliphatic rings. The van der Waals surface area contributed by atoms with Crippen LogP contribution in [0.25, 0.3) is 11.0 Å². The van der Waals surface area contributed by atoms with Crippen LogP contribution >= 0.6 is 0 Å². The number of amides is 2. The van der Waals surface area contributed by atoms with Gasteiger partial charge in [-0.1, -0.05) is 0 Å². The van der Waals surface area contributed by atoms with Crippen LogP contribution in [-0.2, 0) is 0 Å². The van der Waals surface area contributed by atoms with Gasteiger partial charge in [-0.05, 0) is 81.1 Å². The van der Waals surface area contributed by atoms with E-state index >= 15 is 0 Å². The first-order valence-electron chi connectivity index (χ1n) is 12.4. The summed E-state index contributed by atoms with van der Waals surface area (Å²) in [5.74, 6) is 0.643. The van der Waals surface area contributed by atoms with Crippen LogP contribution in [0.4, 0.5) is 0 Å². The molecule has 1 aliphatic carbocycles. The van der Waals surface area contributed by atoms with E-state index in [9.17, 15) is 9.59 Å². The van der Waals surface area contributed by atoms with Gasteiger partial charge in [-0.25, -0.2) is 5.48 Å². The molecule has 0 spiro atoms. The lowest BCUT2D eigenvalue weighted by Gasteiger charge is -2.32. The molecule has 9 nitrogen and oxygen atoms in total. The van der Waals surface area contributed by atoms with E-state index in [2.05, 4.69) is 10.2 Å². The minimum atomic E-state index is -0.597. The molecule has 5 rings (SSSR count). The Morgan fingerprint density at radius 3 is 2.44 bits per heavy atom. The summed E-state index contributed by atoms with van der Waals surface area (Å²) in [5.41, 5.74) is 2.52. The van der Waals surface area contributed by atoms with Gasteiger partial charge in [0, 0.05) is 30.1 Å². The lowest BCUT2D eigenvalue weighted by molar-refractivity contribution is 0.0706. The van der Waals surface area contributed by atoms with Crippen molar-refractivity contribution in [3.05, 3.63) is 59.9 Å². The van der Waals surface area contributed by atoms with Crippen LogP contribution in [0.5, 0.6) is 11.5 Å². The van der Waals surface area contributed by atoms with Gasteiger partial charge in [0.25, 0.3) is 11.8 Å². The molecule has 1 unspecified atom stereocenters. The second-order valence-corrected chi connectivity index (χ2v) is 9.50. The Bertz CT molecular complexity index is 1210. The molecule has 190 valence electrons. The van der Waals surface area contributed by atoms with Crippen molar-refractivity contribution in [2.45, 2.75) is 50.9 Å². The third-order valence-electron chi connectivity index (χ3n) is 6.66. The fourth-order valence-electron chi connectivity index (χ4n) is 4.54. The van der Waals surface area contributed by atoms with E-state index < -0.39 is 5.91 Å². The standard InChI is InChI=1S/C27H31N3O6/c1-17(34-21-6-2-18(3-7-21)26(31)29-33)16-28-27(32)25-15-19-14-23(8-9-24(19)36-25)35-22-10-12-30(13-11-22)20-4-5-20/h2-3,6-9,14-15,17,20,22,33H,4-5,10-13,16H2,1H3,(H,28,32)(H,29,31). The fourth-order valence-corrected chi connectivity index (χ4v) is 4.54. The monoisotopic (exact) mass is 493 g/mol. The number of carbonyl (C=O) groups excluding carboxylic acids is 2. The molecule has 9 heteroatoms. The smallest absolute Gasteiger partial charge is 0.287 e. The van der Waals surface area contributed by atoms with Crippen LogP contribution in [0.2, 0.25) is 0 Å². The predicted molar refractivity (Wildman–Crippen MR) is 133 cm³/mol. The zero-order valence-electron chi connectivity index (χ0n) is 20.2. The number of hydrogen-bond acceptors (Lipinski definition) is 7. The molecule has 1 saturated carbocycles. The third-order valence-corrected chi connectivity index (χ3v) is 6.66. The van der Waals surface area contributed by atoms with E-state index in [-0.39, 0.29) is 30.4 Å². The van der Waals surface area contributed by atoms with E-state index in [1.165, 1.54) is 25.0 Å². The molecular weight excluding hydrogens is 462 g/mol. The highest BCUT2D eigenvalue weighted by atomic mass is 16.5. The second-order valence-electron chi connectivity index (χ2n) is 9.50. The van der Waals surface area contributed by atoms with Gasteiger partial charge in [0.1, 0.15) is 29.3 Å². The predicted octanol–water partition coefficient (Wildman–Crippen LogP) is 3.75. The van der Waals surface area contributed by atoms with Crippen LogP contribution in [-0.4, -0.2) is 59.8 Å². The van der Waals surface area contributed by atoms with E-state index in [1.54, 1.807) is 23.7 Å². The Morgan fingerprint density at radius 1 is 1.03 bits per heavy atom. The SMILES string of the molecule is CC(CNC(=O)c1cc2cc(OC3CCN(C4CC4)CC3)ccc2o1)Oc1ccc(C(=O)NO)cc1. The number of piperidine rings is 1. The highest BCUT2D eigenvalue weighted by Crippen LogP contribution is 2.31. The van der Waals surface area contributed by atoms with Crippen molar-refractivity contribution in [3.8, 4) is 11.5 Å².